The number of likely N-dealkylation sites (N-methyl/N-ethyl adjacent to an activating group) is 1. The third-order valence-electron chi connectivity index (χ3n) is 3.73. The number of hydrogen-bond donors (Lipinski definition) is 0. The highest BCUT2D eigenvalue weighted by atomic mass is 16.5. The van der Waals surface area contributed by atoms with E-state index < -0.39 is 0 Å². The Morgan fingerprint density at radius 3 is 2.95 bits per heavy atom. The fourth-order valence-corrected chi connectivity index (χ4v) is 2.21. The molecule has 2 rings (SSSR count). The van der Waals surface area contributed by atoms with E-state index in [1.54, 1.807) is 31.2 Å². The van der Waals surface area contributed by atoms with Crippen molar-refractivity contribution in [1.82, 2.24) is 4.90 Å². The average molecular weight is 277 g/mol. The van der Waals surface area contributed by atoms with Gasteiger partial charge in [-0.05, 0) is 37.0 Å². The highest BCUT2D eigenvalue weighted by Gasteiger charge is 2.36. The zero-order valence-electron chi connectivity index (χ0n) is 12.5. The molecule has 0 aliphatic heterocycles. The van der Waals surface area contributed by atoms with Crippen LogP contribution in [-0.4, -0.2) is 38.1 Å². The summed E-state index contributed by atoms with van der Waals surface area (Å²) in [4.78, 5) is 13.6. The highest BCUT2D eigenvalue weighted by Crippen LogP contribution is 2.47. The van der Waals surface area contributed by atoms with Crippen LogP contribution in [0.1, 0.15) is 37.2 Å². The van der Waals surface area contributed by atoms with Crippen molar-refractivity contribution in [2.75, 3.05) is 27.3 Å². The SMILES string of the molecule is COCCCN(C)C(=O)/C=C/c1ccc(C2CC2C)o1. The monoisotopic (exact) mass is 277 g/mol. The molecule has 1 fully saturated rings. The normalized spacial score (nSPS) is 21.4. The first-order valence-corrected chi connectivity index (χ1v) is 7.13. The Kier molecular flexibility index (Phi) is 5.01. The summed E-state index contributed by atoms with van der Waals surface area (Å²) in [5.74, 6) is 3.07. The number of carbonyl (C=O) groups is 1. The van der Waals surface area contributed by atoms with Crippen LogP contribution >= 0.6 is 0 Å². The van der Waals surface area contributed by atoms with Gasteiger partial charge in [0.1, 0.15) is 11.5 Å². The van der Waals surface area contributed by atoms with Crippen molar-refractivity contribution in [2.45, 2.75) is 25.7 Å². The van der Waals surface area contributed by atoms with Gasteiger partial charge in [0.2, 0.25) is 5.91 Å². The lowest BCUT2D eigenvalue weighted by Crippen LogP contribution is -2.26. The number of nitrogens with zero attached hydrogens (tertiary/aromatic N) is 1. The maximum absolute atomic E-state index is 11.9. The molecule has 0 spiro atoms. The van der Waals surface area contributed by atoms with Gasteiger partial charge in [-0.25, -0.2) is 0 Å². The first kappa shape index (κ1) is 14.9. The van der Waals surface area contributed by atoms with Crippen molar-refractivity contribution in [3.05, 3.63) is 29.7 Å². The predicted molar refractivity (Wildman–Crippen MR) is 78.4 cm³/mol. The maximum Gasteiger partial charge on any atom is 0.246 e. The van der Waals surface area contributed by atoms with Gasteiger partial charge >= 0.3 is 0 Å². The van der Waals surface area contributed by atoms with Crippen molar-refractivity contribution in [3.8, 4) is 0 Å². The molecule has 0 aromatic carbocycles. The molecule has 0 N–H and O–H groups in total. The van der Waals surface area contributed by atoms with Gasteiger partial charge in [0, 0.05) is 39.3 Å². The van der Waals surface area contributed by atoms with E-state index in [1.807, 2.05) is 12.1 Å². The Bertz CT molecular complexity index is 478. The van der Waals surface area contributed by atoms with Crippen molar-refractivity contribution in [3.63, 3.8) is 0 Å². The Hall–Kier alpha value is -1.55. The van der Waals surface area contributed by atoms with Crippen LogP contribution < -0.4 is 0 Å². The van der Waals surface area contributed by atoms with Crippen LogP contribution in [0.4, 0.5) is 0 Å². The molecule has 1 heterocycles. The van der Waals surface area contributed by atoms with E-state index in [1.165, 1.54) is 6.42 Å². The molecule has 0 bridgehead atoms. The lowest BCUT2D eigenvalue weighted by atomic mass is 10.3. The standard InChI is InChI=1S/C16H23NO3/c1-12-11-14(12)15-7-5-13(20-15)6-8-16(18)17(2)9-4-10-19-3/h5-8,12,14H,4,9-11H2,1-3H3/b8-6+. The molecule has 1 amide bonds. The molecule has 1 aliphatic rings. The van der Waals surface area contributed by atoms with Gasteiger partial charge in [-0.3, -0.25) is 4.79 Å². The Morgan fingerprint density at radius 2 is 2.30 bits per heavy atom. The second-order valence-electron chi connectivity index (χ2n) is 5.50. The summed E-state index contributed by atoms with van der Waals surface area (Å²) in [6.07, 6.45) is 5.35. The predicted octanol–water partition coefficient (Wildman–Crippen LogP) is 2.91. The number of hydrogen-bond acceptors (Lipinski definition) is 3. The lowest BCUT2D eigenvalue weighted by Gasteiger charge is -2.14. The van der Waals surface area contributed by atoms with E-state index in [0.29, 0.717) is 19.1 Å². The van der Waals surface area contributed by atoms with Crippen molar-refractivity contribution in [1.29, 1.82) is 0 Å². The maximum atomic E-state index is 11.9. The summed E-state index contributed by atoms with van der Waals surface area (Å²) in [6, 6.07) is 3.94. The van der Waals surface area contributed by atoms with Crippen LogP contribution in [0.3, 0.4) is 0 Å². The third-order valence-corrected chi connectivity index (χ3v) is 3.73. The zero-order chi connectivity index (χ0) is 14.5. The first-order chi connectivity index (χ1) is 9.61. The molecule has 1 aromatic heterocycles. The van der Waals surface area contributed by atoms with E-state index in [0.717, 1.165) is 23.9 Å². The summed E-state index contributed by atoms with van der Waals surface area (Å²) >= 11 is 0. The van der Waals surface area contributed by atoms with Gasteiger partial charge < -0.3 is 14.1 Å². The van der Waals surface area contributed by atoms with Gasteiger partial charge in [-0.15, -0.1) is 0 Å². The zero-order valence-corrected chi connectivity index (χ0v) is 12.5. The summed E-state index contributed by atoms with van der Waals surface area (Å²) < 4.78 is 10.7. The Balaban J connectivity index is 1.82. The molecule has 110 valence electrons. The van der Waals surface area contributed by atoms with Crippen LogP contribution in [0, 0.1) is 5.92 Å². The molecule has 1 saturated carbocycles. The summed E-state index contributed by atoms with van der Waals surface area (Å²) in [7, 11) is 3.46. The molecule has 20 heavy (non-hydrogen) atoms. The van der Waals surface area contributed by atoms with Gasteiger partial charge in [-0.2, -0.15) is 0 Å². The van der Waals surface area contributed by atoms with Crippen LogP contribution in [0.5, 0.6) is 0 Å². The van der Waals surface area contributed by atoms with Crippen molar-refractivity contribution < 1.29 is 13.9 Å². The van der Waals surface area contributed by atoms with Gasteiger partial charge in [0.15, 0.2) is 0 Å². The second kappa shape index (κ2) is 6.75. The fraction of sp³-hybridized carbons (Fsp3) is 0.562. The van der Waals surface area contributed by atoms with Crippen LogP contribution in [0.15, 0.2) is 22.6 Å². The minimum absolute atomic E-state index is 0.0150. The van der Waals surface area contributed by atoms with Crippen molar-refractivity contribution in [2.24, 2.45) is 5.92 Å². The summed E-state index contributed by atoms with van der Waals surface area (Å²) in [5, 5.41) is 0. The summed E-state index contributed by atoms with van der Waals surface area (Å²) in [6.45, 7) is 3.59. The molecular weight excluding hydrogens is 254 g/mol. The number of ether oxygens (including phenoxy) is 1. The molecule has 0 radical (unpaired) electrons. The topological polar surface area (TPSA) is 42.7 Å². The number of methoxy groups -OCH3 is 1. The molecule has 1 aromatic rings. The Morgan fingerprint density at radius 1 is 1.55 bits per heavy atom. The summed E-state index contributed by atoms with van der Waals surface area (Å²) in [5.41, 5.74) is 0. The van der Waals surface area contributed by atoms with Gasteiger partial charge in [-0.1, -0.05) is 6.92 Å². The minimum atomic E-state index is -0.0150. The largest absolute Gasteiger partial charge is 0.461 e. The van der Waals surface area contributed by atoms with E-state index in [2.05, 4.69) is 6.92 Å². The van der Waals surface area contributed by atoms with Crippen LogP contribution in [-0.2, 0) is 9.53 Å². The lowest BCUT2D eigenvalue weighted by molar-refractivity contribution is -0.124. The van der Waals surface area contributed by atoms with Gasteiger partial charge in [0.25, 0.3) is 0 Å². The first-order valence-electron chi connectivity index (χ1n) is 7.13. The number of amides is 1. The second-order valence-corrected chi connectivity index (χ2v) is 5.50. The average Bonchev–Trinajstić information content (AvgIpc) is 2.99. The number of furan rings is 1. The fourth-order valence-electron chi connectivity index (χ4n) is 2.21. The van der Waals surface area contributed by atoms with Crippen molar-refractivity contribution >= 4 is 12.0 Å². The molecule has 1 aliphatic carbocycles. The molecule has 4 nitrogen and oxygen atoms in total. The Labute approximate surface area is 120 Å². The smallest absolute Gasteiger partial charge is 0.246 e. The van der Waals surface area contributed by atoms with E-state index in [-0.39, 0.29) is 5.91 Å². The van der Waals surface area contributed by atoms with E-state index in [9.17, 15) is 4.79 Å². The molecule has 2 unspecified atom stereocenters. The van der Waals surface area contributed by atoms with E-state index >= 15 is 0 Å². The van der Waals surface area contributed by atoms with E-state index in [4.69, 9.17) is 9.15 Å². The minimum Gasteiger partial charge on any atom is -0.461 e. The molecule has 4 heteroatoms. The van der Waals surface area contributed by atoms with Gasteiger partial charge in [0.05, 0.1) is 0 Å². The van der Waals surface area contributed by atoms with Crippen LogP contribution in [0.25, 0.3) is 6.08 Å². The van der Waals surface area contributed by atoms with Crippen LogP contribution in [0.2, 0.25) is 0 Å². The number of rotatable bonds is 7. The quantitative estimate of drug-likeness (QED) is 0.568. The number of carbonyl (C=O) groups excluding carboxylic acids is 1. The third kappa shape index (κ3) is 3.97. The molecular formula is C16H23NO3. The highest BCUT2D eigenvalue weighted by molar-refractivity contribution is 5.91. The molecule has 0 saturated heterocycles. The molecule has 2 atom stereocenters.